The lowest BCUT2D eigenvalue weighted by molar-refractivity contribution is 0.580. The summed E-state index contributed by atoms with van der Waals surface area (Å²) in [5.41, 5.74) is 3.12. The Kier molecular flexibility index (Phi) is 3.27. The first-order valence-electron chi connectivity index (χ1n) is 8.06. The van der Waals surface area contributed by atoms with Crippen molar-refractivity contribution in [2.75, 3.05) is 0 Å². The van der Waals surface area contributed by atoms with E-state index in [0.29, 0.717) is 12.6 Å². The van der Waals surface area contributed by atoms with Crippen molar-refractivity contribution in [1.82, 2.24) is 14.3 Å². The van der Waals surface area contributed by atoms with Gasteiger partial charge >= 0.3 is 0 Å². The van der Waals surface area contributed by atoms with E-state index in [4.69, 9.17) is 4.98 Å². The number of aromatic nitrogens is 2. The third-order valence-electron chi connectivity index (χ3n) is 4.50. The SMILES string of the molecule is CCc1nc2cc(CNS(=O)(=O)C3CC3)ccc2n1C1CC1. The lowest BCUT2D eigenvalue weighted by atomic mass is 10.2. The van der Waals surface area contributed by atoms with Gasteiger partial charge in [-0.05, 0) is 43.4 Å². The molecule has 0 bridgehead atoms. The maximum atomic E-state index is 11.9. The molecule has 4 rings (SSSR count). The fourth-order valence-corrected chi connectivity index (χ4v) is 4.33. The molecule has 2 fully saturated rings. The second-order valence-electron chi connectivity index (χ2n) is 6.37. The Morgan fingerprint density at radius 1 is 1.27 bits per heavy atom. The molecule has 0 saturated heterocycles. The molecule has 0 spiro atoms. The molecule has 0 unspecified atom stereocenters. The molecule has 2 aliphatic rings. The van der Waals surface area contributed by atoms with Crippen LogP contribution in [0.2, 0.25) is 0 Å². The topological polar surface area (TPSA) is 64.0 Å². The molecule has 0 aliphatic heterocycles. The molecule has 0 atom stereocenters. The number of nitrogens with zero attached hydrogens (tertiary/aromatic N) is 2. The van der Waals surface area contributed by atoms with Gasteiger partial charge in [0.15, 0.2) is 0 Å². The van der Waals surface area contributed by atoms with Crippen LogP contribution in [0.3, 0.4) is 0 Å². The maximum absolute atomic E-state index is 11.9. The summed E-state index contributed by atoms with van der Waals surface area (Å²) in [4.78, 5) is 4.73. The van der Waals surface area contributed by atoms with E-state index in [0.717, 1.165) is 36.2 Å². The van der Waals surface area contributed by atoms with Crippen LogP contribution in [0.4, 0.5) is 0 Å². The lowest BCUT2D eigenvalue weighted by Crippen LogP contribution is -2.26. The van der Waals surface area contributed by atoms with Crippen LogP contribution >= 0.6 is 0 Å². The van der Waals surface area contributed by atoms with Crippen LogP contribution in [0.15, 0.2) is 18.2 Å². The van der Waals surface area contributed by atoms with Crippen molar-refractivity contribution in [3.05, 3.63) is 29.6 Å². The Morgan fingerprint density at radius 2 is 2.05 bits per heavy atom. The van der Waals surface area contributed by atoms with Crippen molar-refractivity contribution in [3.8, 4) is 0 Å². The Morgan fingerprint density at radius 3 is 2.68 bits per heavy atom. The summed E-state index contributed by atoms with van der Waals surface area (Å²) in [6.45, 7) is 2.48. The van der Waals surface area contributed by atoms with E-state index in [1.807, 2.05) is 12.1 Å². The minimum Gasteiger partial charge on any atom is -0.325 e. The largest absolute Gasteiger partial charge is 0.325 e. The molecule has 118 valence electrons. The summed E-state index contributed by atoms with van der Waals surface area (Å²) in [5.74, 6) is 1.13. The monoisotopic (exact) mass is 319 g/mol. The second-order valence-corrected chi connectivity index (χ2v) is 8.42. The molecule has 2 saturated carbocycles. The van der Waals surface area contributed by atoms with Crippen LogP contribution in [0.1, 0.15) is 50.0 Å². The van der Waals surface area contributed by atoms with Crippen LogP contribution in [-0.2, 0) is 23.0 Å². The fourth-order valence-electron chi connectivity index (χ4n) is 2.97. The zero-order valence-corrected chi connectivity index (χ0v) is 13.6. The molecule has 5 nitrogen and oxygen atoms in total. The Bertz CT molecular complexity index is 817. The molecule has 2 aromatic rings. The average molecular weight is 319 g/mol. The minimum absolute atomic E-state index is 0.169. The van der Waals surface area contributed by atoms with Crippen LogP contribution in [-0.4, -0.2) is 23.2 Å². The number of imidazole rings is 1. The molecule has 1 heterocycles. The standard InChI is InChI=1S/C16H21N3O2S/c1-2-16-18-14-9-11(10-17-22(20,21)13-6-7-13)3-8-15(14)19(16)12-4-5-12/h3,8-9,12-13,17H,2,4-7,10H2,1H3. The average Bonchev–Trinajstić information content (AvgIpc) is 3.39. The Labute approximate surface area is 130 Å². The maximum Gasteiger partial charge on any atom is 0.214 e. The molecular weight excluding hydrogens is 298 g/mol. The quantitative estimate of drug-likeness (QED) is 0.890. The van der Waals surface area contributed by atoms with Crippen LogP contribution < -0.4 is 4.72 Å². The summed E-state index contributed by atoms with van der Waals surface area (Å²) < 4.78 is 28.9. The summed E-state index contributed by atoms with van der Waals surface area (Å²) in [7, 11) is -3.13. The van der Waals surface area contributed by atoms with E-state index >= 15 is 0 Å². The van der Waals surface area contributed by atoms with E-state index in [2.05, 4.69) is 22.3 Å². The summed E-state index contributed by atoms with van der Waals surface area (Å²) >= 11 is 0. The highest BCUT2D eigenvalue weighted by molar-refractivity contribution is 7.90. The number of hydrogen-bond donors (Lipinski definition) is 1. The van der Waals surface area contributed by atoms with E-state index in [-0.39, 0.29) is 5.25 Å². The Balaban J connectivity index is 1.60. The van der Waals surface area contributed by atoms with Gasteiger partial charge in [0.1, 0.15) is 5.82 Å². The first-order valence-corrected chi connectivity index (χ1v) is 9.61. The first kappa shape index (κ1) is 14.2. The molecule has 22 heavy (non-hydrogen) atoms. The lowest BCUT2D eigenvalue weighted by Gasteiger charge is -2.07. The second kappa shape index (κ2) is 5.06. The van der Waals surface area contributed by atoms with Gasteiger partial charge in [0.2, 0.25) is 10.0 Å². The highest BCUT2D eigenvalue weighted by Crippen LogP contribution is 2.39. The van der Waals surface area contributed by atoms with Gasteiger partial charge in [0.05, 0.1) is 16.3 Å². The number of benzene rings is 1. The minimum atomic E-state index is -3.13. The van der Waals surface area contributed by atoms with Crippen molar-refractivity contribution >= 4 is 21.1 Å². The van der Waals surface area contributed by atoms with Gasteiger partial charge in [0.25, 0.3) is 0 Å². The molecule has 6 heteroatoms. The molecule has 1 aromatic heterocycles. The fraction of sp³-hybridized carbons (Fsp3) is 0.562. The smallest absolute Gasteiger partial charge is 0.214 e. The van der Waals surface area contributed by atoms with Gasteiger partial charge in [-0.15, -0.1) is 0 Å². The molecule has 0 amide bonds. The normalized spacial score (nSPS) is 19.0. The number of sulfonamides is 1. The van der Waals surface area contributed by atoms with Gasteiger partial charge in [-0.2, -0.15) is 0 Å². The zero-order valence-electron chi connectivity index (χ0n) is 12.7. The molecule has 1 N–H and O–H groups in total. The first-order chi connectivity index (χ1) is 10.6. The molecule has 0 radical (unpaired) electrons. The number of nitrogens with one attached hydrogen (secondary N) is 1. The summed E-state index contributed by atoms with van der Waals surface area (Å²) in [6.07, 6.45) is 4.98. The number of aryl methyl sites for hydroxylation is 1. The third-order valence-corrected chi connectivity index (χ3v) is 6.39. The molecule has 1 aromatic carbocycles. The third kappa shape index (κ3) is 2.54. The van der Waals surface area contributed by atoms with E-state index in [1.165, 1.54) is 18.4 Å². The van der Waals surface area contributed by atoms with Gasteiger partial charge in [-0.1, -0.05) is 13.0 Å². The van der Waals surface area contributed by atoms with E-state index in [1.54, 1.807) is 0 Å². The van der Waals surface area contributed by atoms with Crippen molar-refractivity contribution in [2.24, 2.45) is 0 Å². The number of hydrogen-bond acceptors (Lipinski definition) is 3. The summed E-state index contributed by atoms with van der Waals surface area (Å²) in [5, 5.41) is -0.169. The van der Waals surface area contributed by atoms with Crippen molar-refractivity contribution in [2.45, 2.75) is 56.9 Å². The predicted molar refractivity (Wildman–Crippen MR) is 86.2 cm³/mol. The highest BCUT2D eigenvalue weighted by atomic mass is 32.2. The van der Waals surface area contributed by atoms with Crippen LogP contribution in [0.25, 0.3) is 11.0 Å². The van der Waals surface area contributed by atoms with Gasteiger partial charge in [0, 0.05) is 19.0 Å². The predicted octanol–water partition coefficient (Wildman–Crippen LogP) is 2.52. The van der Waals surface area contributed by atoms with E-state index < -0.39 is 10.0 Å². The molecular formula is C16H21N3O2S. The van der Waals surface area contributed by atoms with Crippen molar-refractivity contribution in [1.29, 1.82) is 0 Å². The van der Waals surface area contributed by atoms with E-state index in [9.17, 15) is 8.42 Å². The summed E-state index contributed by atoms with van der Waals surface area (Å²) in [6, 6.07) is 6.72. The zero-order chi connectivity index (χ0) is 15.3. The highest BCUT2D eigenvalue weighted by Gasteiger charge is 2.35. The van der Waals surface area contributed by atoms with Crippen LogP contribution in [0, 0.1) is 0 Å². The van der Waals surface area contributed by atoms with Gasteiger partial charge < -0.3 is 4.57 Å². The van der Waals surface area contributed by atoms with Gasteiger partial charge in [-0.25, -0.2) is 18.1 Å². The number of rotatable bonds is 6. The van der Waals surface area contributed by atoms with Crippen molar-refractivity contribution in [3.63, 3.8) is 0 Å². The Hall–Kier alpha value is -1.40. The number of fused-ring (bicyclic) bond motifs is 1. The van der Waals surface area contributed by atoms with Crippen LogP contribution in [0.5, 0.6) is 0 Å². The van der Waals surface area contributed by atoms with Crippen molar-refractivity contribution < 1.29 is 8.42 Å². The molecule has 2 aliphatic carbocycles. The van der Waals surface area contributed by atoms with Gasteiger partial charge in [-0.3, -0.25) is 0 Å².